The fourth-order valence-electron chi connectivity index (χ4n) is 2.82. The van der Waals surface area contributed by atoms with E-state index < -0.39 is 5.60 Å². The minimum atomic E-state index is -0.898. The van der Waals surface area contributed by atoms with Gasteiger partial charge in [0.1, 0.15) is 6.04 Å². The highest BCUT2D eigenvalue weighted by molar-refractivity contribution is 5.97. The number of rotatable bonds is 5. The average molecular weight is 309 g/mol. The molecule has 0 amide bonds. The standard InChI is InChI=1S/C19H23N3O/c1-19(2,23)18(14-6-4-3-5-7-14)22-17-9-8-16(17)21-15-10-12-20-13-11-15/h3-7,10-13,16,18,23H,8-9H2,1-2H3,(H,20,21)/t16?,18-/m0/s1. The second kappa shape index (κ2) is 6.50. The molecule has 1 saturated carbocycles. The maximum atomic E-state index is 10.5. The van der Waals surface area contributed by atoms with Gasteiger partial charge in [-0.05, 0) is 44.4 Å². The summed E-state index contributed by atoms with van der Waals surface area (Å²) in [6.07, 6.45) is 5.60. The summed E-state index contributed by atoms with van der Waals surface area (Å²) < 4.78 is 0. The Bertz CT molecular complexity index is 662. The molecule has 2 atom stereocenters. The Hall–Kier alpha value is -2.20. The lowest BCUT2D eigenvalue weighted by molar-refractivity contribution is 0.0523. The van der Waals surface area contributed by atoms with Gasteiger partial charge in [-0.3, -0.25) is 9.98 Å². The summed E-state index contributed by atoms with van der Waals surface area (Å²) >= 11 is 0. The molecule has 4 heteroatoms. The van der Waals surface area contributed by atoms with Crippen molar-refractivity contribution >= 4 is 11.4 Å². The molecule has 2 N–H and O–H groups in total. The van der Waals surface area contributed by atoms with Gasteiger partial charge in [0, 0.05) is 23.8 Å². The summed E-state index contributed by atoms with van der Waals surface area (Å²) in [6, 6.07) is 13.9. The van der Waals surface area contributed by atoms with Crippen LogP contribution in [0.25, 0.3) is 0 Å². The highest BCUT2D eigenvalue weighted by atomic mass is 16.3. The molecule has 23 heavy (non-hydrogen) atoms. The number of nitrogens with one attached hydrogen (secondary N) is 1. The molecule has 1 unspecified atom stereocenters. The summed E-state index contributed by atoms with van der Waals surface area (Å²) in [5.74, 6) is 0. The average Bonchev–Trinajstić information content (AvgIpc) is 2.53. The molecule has 1 heterocycles. The highest BCUT2D eigenvalue weighted by Gasteiger charge is 2.32. The van der Waals surface area contributed by atoms with Gasteiger partial charge in [0.25, 0.3) is 0 Å². The molecule has 0 aliphatic heterocycles. The van der Waals surface area contributed by atoms with Gasteiger partial charge >= 0.3 is 0 Å². The number of aliphatic hydroxyl groups is 1. The lowest BCUT2D eigenvalue weighted by Crippen LogP contribution is -2.40. The smallest absolute Gasteiger partial charge is 0.103 e. The van der Waals surface area contributed by atoms with Crippen LogP contribution in [-0.2, 0) is 0 Å². The van der Waals surface area contributed by atoms with Gasteiger partial charge in [-0.15, -0.1) is 0 Å². The van der Waals surface area contributed by atoms with Crippen LogP contribution in [0.2, 0.25) is 0 Å². The third kappa shape index (κ3) is 3.77. The van der Waals surface area contributed by atoms with Crippen LogP contribution in [0.4, 0.5) is 5.69 Å². The van der Waals surface area contributed by atoms with Gasteiger partial charge in [0.05, 0.1) is 11.6 Å². The quantitative estimate of drug-likeness (QED) is 0.887. The van der Waals surface area contributed by atoms with E-state index in [-0.39, 0.29) is 12.1 Å². The fourth-order valence-corrected chi connectivity index (χ4v) is 2.82. The second-order valence-corrected chi connectivity index (χ2v) is 6.56. The van der Waals surface area contributed by atoms with Crippen LogP contribution in [-0.4, -0.2) is 27.4 Å². The molecular weight excluding hydrogens is 286 g/mol. The van der Waals surface area contributed by atoms with Gasteiger partial charge < -0.3 is 10.4 Å². The number of anilines is 1. The Labute approximate surface area is 137 Å². The van der Waals surface area contributed by atoms with Crippen molar-refractivity contribution in [2.45, 2.75) is 44.4 Å². The molecular formula is C19H23N3O. The molecule has 1 aromatic carbocycles. The van der Waals surface area contributed by atoms with E-state index in [1.54, 1.807) is 12.4 Å². The van der Waals surface area contributed by atoms with E-state index in [4.69, 9.17) is 4.99 Å². The summed E-state index contributed by atoms with van der Waals surface area (Å²) in [7, 11) is 0. The van der Waals surface area contributed by atoms with Crippen molar-refractivity contribution in [1.82, 2.24) is 4.98 Å². The van der Waals surface area contributed by atoms with Gasteiger partial charge in [0.15, 0.2) is 0 Å². The number of benzene rings is 1. The van der Waals surface area contributed by atoms with Crippen molar-refractivity contribution in [3.8, 4) is 0 Å². The molecule has 3 rings (SSSR count). The summed E-state index contributed by atoms with van der Waals surface area (Å²) in [5.41, 5.74) is 2.32. The van der Waals surface area contributed by atoms with Crippen molar-refractivity contribution in [2.24, 2.45) is 4.99 Å². The normalized spacial score (nSPS) is 20.8. The highest BCUT2D eigenvalue weighted by Crippen LogP contribution is 2.32. The van der Waals surface area contributed by atoms with E-state index in [0.29, 0.717) is 0 Å². The third-order valence-corrected chi connectivity index (χ3v) is 4.19. The van der Waals surface area contributed by atoms with Crippen molar-refractivity contribution in [3.05, 3.63) is 60.4 Å². The molecule has 0 radical (unpaired) electrons. The van der Waals surface area contributed by atoms with Gasteiger partial charge in [-0.25, -0.2) is 0 Å². The Kier molecular flexibility index (Phi) is 4.44. The molecule has 1 aliphatic carbocycles. The van der Waals surface area contributed by atoms with E-state index in [0.717, 1.165) is 29.8 Å². The Morgan fingerprint density at radius 2 is 1.87 bits per heavy atom. The van der Waals surface area contributed by atoms with Crippen molar-refractivity contribution < 1.29 is 5.11 Å². The number of aliphatic imine (C=N–C) groups is 1. The second-order valence-electron chi connectivity index (χ2n) is 6.56. The first-order valence-corrected chi connectivity index (χ1v) is 8.04. The van der Waals surface area contributed by atoms with Gasteiger partial charge in [-0.2, -0.15) is 0 Å². The van der Waals surface area contributed by atoms with E-state index in [9.17, 15) is 5.11 Å². The SMILES string of the molecule is CC(C)(O)[C@@H](N=C1CCC1Nc1ccncc1)c1ccccc1. The Morgan fingerprint density at radius 3 is 2.43 bits per heavy atom. The van der Waals surface area contributed by atoms with Gasteiger partial charge in [0.2, 0.25) is 0 Å². The monoisotopic (exact) mass is 309 g/mol. The molecule has 1 fully saturated rings. The molecule has 4 nitrogen and oxygen atoms in total. The molecule has 2 aromatic rings. The lowest BCUT2D eigenvalue weighted by Gasteiger charge is -2.34. The zero-order valence-electron chi connectivity index (χ0n) is 13.6. The van der Waals surface area contributed by atoms with Crippen LogP contribution in [0.5, 0.6) is 0 Å². The first kappa shape index (κ1) is 15.7. The van der Waals surface area contributed by atoms with Crippen LogP contribution in [0.1, 0.15) is 38.3 Å². The number of aromatic nitrogens is 1. The van der Waals surface area contributed by atoms with Crippen LogP contribution in [0.15, 0.2) is 59.9 Å². The van der Waals surface area contributed by atoms with Crippen LogP contribution in [0, 0.1) is 0 Å². The molecule has 0 saturated heterocycles. The van der Waals surface area contributed by atoms with Crippen LogP contribution in [0.3, 0.4) is 0 Å². The zero-order valence-corrected chi connectivity index (χ0v) is 13.6. The Balaban J connectivity index is 1.80. The van der Waals surface area contributed by atoms with E-state index in [2.05, 4.69) is 10.3 Å². The van der Waals surface area contributed by atoms with Crippen molar-refractivity contribution in [2.75, 3.05) is 5.32 Å². The predicted molar refractivity (Wildman–Crippen MR) is 93.8 cm³/mol. The number of hydrogen-bond donors (Lipinski definition) is 2. The summed E-state index contributed by atoms with van der Waals surface area (Å²) in [6.45, 7) is 3.64. The fraction of sp³-hybridized carbons (Fsp3) is 0.368. The predicted octanol–water partition coefficient (Wildman–Crippen LogP) is 3.61. The summed E-state index contributed by atoms with van der Waals surface area (Å²) in [4.78, 5) is 8.92. The first-order chi connectivity index (χ1) is 11.0. The molecule has 1 aromatic heterocycles. The molecule has 1 aliphatic rings. The van der Waals surface area contributed by atoms with E-state index >= 15 is 0 Å². The maximum Gasteiger partial charge on any atom is 0.103 e. The first-order valence-electron chi connectivity index (χ1n) is 8.04. The Morgan fingerprint density at radius 1 is 1.17 bits per heavy atom. The van der Waals surface area contributed by atoms with E-state index in [1.807, 2.05) is 56.3 Å². The minimum Gasteiger partial charge on any atom is -0.388 e. The third-order valence-electron chi connectivity index (χ3n) is 4.19. The topological polar surface area (TPSA) is 57.5 Å². The lowest BCUT2D eigenvalue weighted by atomic mass is 9.87. The van der Waals surface area contributed by atoms with E-state index in [1.165, 1.54) is 0 Å². The van der Waals surface area contributed by atoms with Crippen molar-refractivity contribution in [3.63, 3.8) is 0 Å². The maximum absolute atomic E-state index is 10.5. The largest absolute Gasteiger partial charge is 0.388 e. The number of hydrogen-bond acceptors (Lipinski definition) is 4. The molecule has 0 bridgehead atoms. The summed E-state index contributed by atoms with van der Waals surface area (Å²) in [5, 5.41) is 14.0. The zero-order chi connectivity index (χ0) is 16.3. The minimum absolute atomic E-state index is 0.242. The van der Waals surface area contributed by atoms with Crippen LogP contribution < -0.4 is 5.32 Å². The number of pyridine rings is 1. The van der Waals surface area contributed by atoms with Crippen LogP contribution >= 0.6 is 0 Å². The van der Waals surface area contributed by atoms with Crippen molar-refractivity contribution in [1.29, 1.82) is 0 Å². The number of nitrogens with zero attached hydrogens (tertiary/aromatic N) is 2. The molecule has 120 valence electrons. The van der Waals surface area contributed by atoms with Gasteiger partial charge in [-0.1, -0.05) is 30.3 Å². The molecule has 0 spiro atoms.